The summed E-state index contributed by atoms with van der Waals surface area (Å²) in [5.74, 6) is -0.0493. The second-order valence-corrected chi connectivity index (χ2v) is 5.98. The third-order valence-corrected chi connectivity index (χ3v) is 4.57. The van der Waals surface area contributed by atoms with Crippen molar-refractivity contribution in [3.05, 3.63) is 21.6 Å². The highest BCUT2D eigenvalue weighted by Crippen LogP contribution is 2.41. The van der Waals surface area contributed by atoms with Crippen LogP contribution in [0.1, 0.15) is 27.2 Å². The van der Waals surface area contributed by atoms with E-state index >= 15 is 0 Å². The molecule has 0 aliphatic carbocycles. The zero-order valence-electron chi connectivity index (χ0n) is 12.5. The van der Waals surface area contributed by atoms with E-state index in [1.54, 1.807) is 6.92 Å². The van der Waals surface area contributed by atoms with E-state index in [0.717, 1.165) is 0 Å². The molecule has 0 bridgehead atoms. The van der Waals surface area contributed by atoms with E-state index in [1.165, 1.54) is 6.20 Å². The van der Waals surface area contributed by atoms with Gasteiger partial charge in [0.1, 0.15) is 5.02 Å². The lowest BCUT2D eigenvalue weighted by Crippen LogP contribution is -2.41. The minimum atomic E-state index is -0.568. The lowest BCUT2D eigenvalue weighted by atomic mass is 9.76. The SMILES string of the molecule is CCOC(=O)C1(C(C)C)CCN(c2cn[nH]c(=O)c2Cl)C1. The summed E-state index contributed by atoms with van der Waals surface area (Å²) in [6.07, 6.45) is 2.19. The van der Waals surface area contributed by atoms with Crippen LogP contribution in [0.2, 0.25) is 5.02 Å². The van der Waals surface area contributed by atoms with Gasteiger partial charge in [-0.3, -0.25) is 9.59 Å². The fraction of sp³-hybridized carbons (Fsp3) is 0.643. The highest BCUT2D eigenvalue weighted by atomic mass is 35.5. The summed E-state index contributed by atoms with van der Waals surface area (Å²) in [7, 11) is 0. The molecule has 1 atom stereocenters. The molecule has 1 unspecified atom stereocenters. The van der Waals surface area contributed by atoms with Crippen molar-refractivity contribution in [1.82, 2.24) is 10.2 Å². The van der Waals surface area contributed by atoms with Gasteiger partial charge in [0, 0.05) is 13.1 Å². The molecule has 0 amide bonds. The number of halogens is 1. The van der Waals surface area contributed by atoms with E-state index in [-0.39, 0.29) is 16.9 Å². The molecule has 1 aliphatic rings. The van der Waals surface area contributed by atoms with Gasteiger partial charge in [-0.15, -0.1) is 0 Å². The Morgan fingerprint density at radius 1 is 1.62 bits per heavy atom. The third-order valence-electron chi connectivity index (χ3n) is 4.21. The van der Waals surface area contributed by atoms with Crippen LogP contribution >= 0.6 is 11.6 Å². The highest BCUT2D eigenvalue weighted by molar-refractivity contribution is 6.33. The summed E-state index contributed by atoms with van der Waals surface area (Å²) >= 11 is 6.05. The van der Waals surface area contributed by atoms with Gasteiger partial charge in [0.05, 0.1) is 23.9 Å². The standard InChI is InChI=1S/C14H20ClN3O3/c1-4-21-13(20)14(9(2)3)5-6-18(8-14)10-7-16-17-12(19)11(10)15/h7,9H,4-6,8H2,1-3H3,(H,17,19). The number of ether oxygens (including phenoxy) is 1. The quantitative estimate of drug-likeness (QED) is 0.858. The number of rotatable bonds is 4. The van der Waals surface area contributed by atoms with Crippen LogP contribution in [0.15, 0.2) is 11.0 Å². The Labute approximate surface area is 128 Å². The van der Waals surface area contributed by atoms with E-state index in [0.29, 0.717) is 31.8 Å². The maximum Gasteiger partial charge on any atom is 0.314 e. The molecule has 0 spiro atoms. The van der Waals surface area contributed by atoms with Crippen LogP contribution in [0.3, 0.4) is 0 Å². The van der Waals surface area contributed by atoms with Crippen molar-refractivity contribution >= 4 is 23.3 Å². The van der Waals surface area contributed by atoms with Crippen LogP contribution in [0, 0.1) is 11.3 Å². The molecule has 1 fully saturated rings. The van der Waals surface area contributed by atoms with Gasteiger partial charge in [-0.25, -0.2) is 5.10 Å². The molecule has 0 radical (unpaired) electrons. The van der Waals surface area contributed by atoms with Crippen LogP contribution in [-0.4, -0.2) is 35.9 Å². The Balaban J connectivity index is 2.30. The maximum atomic E-state index is 12.4. The van der Waals surface area contributed by atoms with Crippen LogP contribution in [0.25, 0.3) is 0 Å². The number of nitrogens with zero attached hydrogens (tertiary/aromatic N) is 2. The summed E-state index contributed by atoms with van der Waals surface area (Å²) in [6, 6.07) is 0. The minimum absolute atomic E-state index is 0.105. The Kier molecular flexibility index (Phi) is 4.56. The molecule has 6 nitrogen and oxygen atoms in total. The molecule has 1 aliphatic heterocycles. The Hall–Kier alpha value is -1.56. The number of H-pyrrole nitrogens is 1. The molecular weight excluding hydrogens is 294 g/mol. The van der Waals surface area contributed by atoms with Gasteiger partial charge in [-0.1, -0.05) is 25.4 Å². The van der Waals surface area contributed by atoms with Crippen molar-refractivity contribution in [3.8, 4) is 0 Å². The zero-order chi connectivity index (χ0) is 15.6. The predicted octanol–water partition coefficient (Wildman–Crippen LogP) is 1.84. The summed E-state index contributed by atoms with van der Waals surface area (Å²) < 4.78 is 5.25. The van der Waals surface area contributed by atoms with Gasteiger partial charge in [0.25, 0.3) is 5.56 Å². The summed E-state index contributed by atoms with van der Waals surface area (Å²) in [6.45, 7) is 7.31. The average Bonchev–Trinajstić information content (AvgIpc) is 2.88. The van der Waals surface area contributed by atoms with Crippen molar-refractivity contribution < 1.29 is 9.53 Å². The van der Waals surface area contributed by atoms with Crippen molar-refractivity contribution in [1.29, 1.82) is 0 Å². The largest absolute Gasteiger partial charge is 0.466 e. The van der Waals surface area contributed by atoms with E-state index in [2.05, 4.69) is 10.2 Å². The predicted molar refractivity (Wildman–Crippen MR) is 80.6 cm³/mol. The number of esters is 1. The van der Waals surface area contributed by atoms with Crippen LogP contribution in [0.4, 0.5) is 5.69 Å². The molecule has 0 aromatic carbocycles. The molecule has 1 saturated heterocycles. The number of carbonyl (C=O) groups is 1. The van der Waals surface area contributed by atoms with E-state index in [4.69, 9.17) is 16.3 Å². The highest BCUT2D eigenvalue weighted by Gasteiger charge is 2.48. The second kappa shape index (κ2) is 6.05. The number of anilines is 1. The van der Waals surface area contributed by atoms with Gasteiger partial charge >= 0.3 is 5.97 Å². The van der Waals surface area contributed by atoms with Crippen molar-refractivity contribution in [2.45, 2.75) is 27.2 Å². The fourth-order valence-corrected chi connectivity index (χ4v) is 2.99. The molecular formula is C14H20ClN3O3. The smallest absolute Gasteiger partial charge is 0.314 e. The van der Waals surface area contributed by atoms with Crippen LogP contribution < -0.4 is 10.5 Å². The first-order valence-corrected chi connectivity index (χ1v) is 7.45. The molecule has 1 N–H and O–H groups in total. The van der Waals surface area contributed by atoms with Gasteiger partial charge in [-0.05, 0) is 19.3 Å². The molecule has 21 heavy (non-hydrogen) atoms. The normalized spacial score (nSPS) is 21.9. The lowest BCUT2D eigenvalue weighted by molar-refractivity contribution is -0.156. The number of aromatic nitrogens is 2. The number of hydrogen-bond acceptors (Lipinski definition) is 5. The molecule has 2 heterocycles. The summed E-state index contributed by atoms with van der Waals surface area (Å²) in [5, 5.41) is 6.18. The molecule has 7 heteroatoms. The monoisotopic (exact) mass is 313 g/mol. The van der Waals surface area contributed by atoms with Crippen LogP contribution in [0.5, 0.6) is 0 Å². The molecule has 1 aromatic heterocycles. The van der Waals surface area contributed by atoms with Gasteiger partial charge in [-0.2, -0.15) is 5.10 Å². The topological polar surface area (TPSA) is 75.3 Å². The number of nitrogens with one attached hydrogen (secondary N) is 1. The number of hydrogen-bond donors (Lipinski definition) is 1. The first-order chi connectivity index (χ1) is 9.92. The van der Waals surface area contributed by atoms with E-state index in [1.807, 2.05) is 18.7 Å². The van der Waals surface area contributed by atoms with Crippen molar-refractivity contribution in [3.63, 3.8) is 0 Å². The maximum absolute atomic E-state index is 12.4. The second-order valence-electron chi connectivity index (χ2n) is 5.60. The third kappa shape index (κ3) is 2.77. The number of carbonyl (C=O) groups excluding carboxylic acids is 1. The average molecular weight is 314 g/mol. The Morgan fingerprint density at radius 3 is 2.95 bits per heavy atom. The first kappa shape index (κ1) is 15.8. The zero-order valence-corrected chi connectivity index (χ0v) is 13.2. The fourth-order valence-electron chi connectivity index (χ4n) is 2.78. The van der Waals surface area contributed by atoms with Crippen molar-refractivity contribution in [2.24, 2.45) is 11.3 Å². The van der Waals surface area contributed by atoms with Gasteiger partial charge in [0.2, 0.25) is 0 Å². The molecule has 1 aromatic rings. The molecule has 116 valence electrons. The van der Waals surface area contributed by atoms with E-state index in [9.17, 15) is 9.59 Å². The summed E-state index contributed by atoms with van der Waals surface area (Å²) in [5.41, 5.74) is -0.429. The van der Waals surface area contributed by atoms with Gasteiger partial charge in [0.15, 0.2) is 0 Å². The number of aromatic amines is 1. The minimum Gasteiger partial charge on any atom is -0.466 e. The van der Waals surface area contributed by atoms with Crippen LogP contribution in [-0.2, 0) is 9.53 Å². The Morgan fingerprint density at radius 2 is 2.33 bits per heavy atom. The Bertz CT molecular complexity index is 587. The van der Waals surface area contributed by atoms with E-state index < -0.39 is 11.0 Å². The first-order valence-electron chi connectivity index (χ1n) is 7.07. The molecule has 0 saturated carbocycles. The van der Waals surface area contributed by atoms with Crippen molar-refractivity contribution in [2.75, 3.05) is 24.6 Å². The summed E-state index contributed by atoms with van der Waals surface area (Å²) in [4.78, 5) is 25.9. The van der Waals surface area contributed by atoms with Gasteiger partial charge < -0.3 is 9.64 Å². The lowest BCUT2D eigenvalue weighted by Gasteiger charge is -2.31. The molecule has 2 rings (SSSR count).